The molecule has 0 aliphatic rings. The Bertz CT molecular complexity index is 140. The molecule has 1 nitrogen and oxygen atoms in total. The lowest BCUT2D eigenvalue weighted by atomic mass is 10.2. The molecule has 1 atom stereocenters. The van der Waals surface area contributed by atoms with Crippen molar-refractivity contribution in [2.45, 2.75) is 39.2 Å². The van der Waals surface area contributed by atoms with Crippen LogP contribution in [-0.2, 0) is 4.74 Å². The fourth-order valence-electron chi connectivity index (χ4n) is 0.775. The van der Waals surface area contributed by atoms with Gasteiger partial charge in [-0.1, -0.05) is 19.1 Å². The zero-order valence-electron chi connectivity index (χ0n) is 7.19. The van der Waals surface area contributed by atoms with Gasteiger partial charge in [-0.3, -0.25) is 4.74 Å². The van der Waals surface area contributed by atoms with E-state index in [0.29, 0.717) is 12.8 Å². The minimum Gasteiger partial charge on any atom is -0.288 e. The molecule has 0 N–H and O–H groups in total. The fraction of sp³-hybridized carbons (Fsp3) is 0.750. The molecule has 0 amide bonds. The van der Waals surface area contributed by atoms with E-state index in [-0.39, 0.29) is 0 Å². The Kier molecular flexibility index (Phi) is 4.97. The first-order chi connectivity index (χ1) is 5.49. The van der Waals surface area contributed by atoms with Gasteiger partial charge in [0.15, 0.2) is 0 Å². The van der Waals surface area contributed by atoms with Crippen molar-refractivity contribution in [1.29, 1.82) is 0 Å². The Morgan fingerprint density at radius 2 is 2.00 bits per heavy atom. The highest BCUT2D eigenvalue weighted by molar-refractivity contribution is 4.80. The van der Waals surface area contributed by atoms with E-state index >= 15 is 0 Å². The lowest BCUT2D eigenvalue weighted by Crippen LogP contribution is -2.22. The van der Waals surface area contributed by atoms with Crippen molar-refractivity contribution in [1.82, 2.24) is 0 Å². The number of hydrogen-bond acceptors (Lipinski definition) is 1. The number of alkyl halides is 3. The molecule has 0 saturated heterocycles. The summed E-state index contributed by atoms with van der Waals surface area (Å²) in [5.41, 5.74) is 0. The van der Waals surface area contributed by atoms with Crippen molar-refractivity contribution in [2.75, 3.05) is 0 Å². The van der Waals surface area contributed by atoms with E-state index < -0.39 is 12.5 Å². The fourth-order valence-corrected chi connectivity index (χ4v) is 0.775. The summed E-state index contributed by atoms with van der Waals surface area (Å²) < 4.78 is 38.9. The first-order valence-corrected chi connectivity index (χ1v) is 3.85. The number of ether oxygens (including phenoxy) is 1. The van der Waals surface area contributed by atoms with Gasteiger partial charge in [-0.15, -0.1) is 13.2 Å². The van der Waals surface area contributed by atoms with E-state index in [4.69, 9.17) is 0 Å². The third-order valence-electron chi connectivity index (χ3n) is 1.39. The van der Waals surface area contributed by atoms with Crippen LogP contribution in [0.1, 0.15) is 26.7 Å². The van der Waals surface area contributed by atoms with Crippen molar-refractivity contribution in [3.63, 3.8) is 0 Å². The highest BCUT2D eigenvalue weighted by atomic mass is 19.4. The summed E-state index contributed by atoms with van der Waals surface area (Å²) in [6.07, 6.45) is -1.21. The number of halogens is 3. The summed E-state index contributed by atoms with van der Waals surface area (Å²) in [6, 6.07) is 0. The van der Waals surface area contributed by atoms with E-state index in [1.165, 1.54) is 0 Å². The maximum atomic E-state index is 11.7. The van der Waals surface area contributed by atoms with Gasteiger partial charge in [0, 0.05) is 0 Å². The molecule has 0 radical (unpaired) electrons. The molecule has 0 aromatic rings. The zero-order chi connectivity index (χ0) is 9.61. The maximum Gasteiger partial charge on any atom is 0.522 e. The van der Waals surface area contributed by atoms with Gasteiger partial charge < -0.3 is 0 Å². The normalized spacial score (nSPS) is 15.4. The first kappa shape index (κ1) is 11.5. The van der Waals surface area contributed by atoms with Crippen LogP contribution < -0.4 is 0 Å². The summed E-state index contributed by atoms with van der Waals surface area (Å²) in [5, 5.41) is 0. The van der Waals surface area contributed by atoms with E-state index in [0.717, 1.165) is 0 Å². The second-order valence-electron chi connectivity index (χ2n) is 2.40. The molecule has 0 aromatic heterocycles. The van der Waals surface area contributed by atoms with Crippen LogP contribution in [0.2, 0.25) is 0 Å². The second kappa shape index (κ2) is 5.19. The van der Waals surface area contributed by atoms with Crippen molar-refractivity contribution in [2.24, 2.45) is 0 Å². The number of allylic oxidation sites excluding steroid dienone is 1. The van der Waals surface area contributed by atoms with E-state index in [9.17, 15) is 13.2 Å². The molecule has 0 saturated carbocycles. The molecule has 72 valence electrons. The van der Waals surface area contributed by atoms with E-state index in [1.807, 2.05) is 0 Å². The van der Waals surface area contributed by atoms with Crippen molar-refractivity contribution in [3.8, 4) is 0 Å². The number of hydrogen-bond donors (Lipinski definition) is 0. The van der Waals surface area contributed by atoms with Crippen LogP contribution >= 0.6 is 0 Å². The predicted octanol–water partition coefficient (Wildman–Crippen LogP) is 3.27. The maximum absolute atomic E-state index is 11.7. The summed E-state index contributed by atoms with van der Waals surface area (Å²) in [5.74, 6) is 0. The van der Waals surface area contributed by atoms with Crippen molar-refractivity contribution in [3.05, 3.63) is 12.2 Å². The SMILES string of the molecule is C/C=C\CC(CC)OC(F)(F)F. The minimum atomic E-state index is -4.51. The lowest BCUT2D eigenvalue weighted by molar-refractivity contribution is -0.342. The van der Waals surface area contributed by atoms with Crippen LogP contribution in [0, 0.1) is 0 Å². The molecule has 0 spiro atoms. The Labute approximate surface area is 70.2 Å². The van der Waals surface area contributed by atoms with Gasteiger partial charge in [-0.2, -0.15) is 0 Å². The Hall–Kier alpha value is -0.510. The average molecular weight is 182 g/mol. The smallest absolute Gasteiger partial charge is 0.288 e. The predicted molar refractivity (Wildman–Crippen MR) is 40.7 cm³/mol. The molecule has 0 rings (SSSR count). The first-order valence-electron chi connectivity index (χ1n) is 3.85. The van der Waals surface area contributed by atoms with Gasteiger partial charge in [-0.25, -0.2) is 0 Å². The molecule has 4 heteroatoms. The van der Waals surface area contributed by atoms with Crippen LogP contribution in [0.4, 0.5) is 13.2 Å². The van der Waals surface area contributed by atoms with E-state index in [1.54, 1.807) is 26.0 Å². The largest absolute Gasteiger partial charge is 0.522 e. The van der Waals surface area contributed by atoms with Gasteiger partial charge in [0.1, 0.15) is 0 Å². The van der Waals surface area contributed by atoms with Crippen LogP contribution in [0.25, 0.3) is 0 Å². The summed E-state index contributed by atoms with van der Waals surface area (Å²) in [4.78, 5) is 0. The van der Waals surface area contributed by atoms with Gasteiger partial charge in [0.25, 0.3) is 0 Å². The molecule has 12 heavy (non-hydrogen) atoms. The summed E-state index contributed by atoms with van der Waals surface area (Å²) in [6.45, 7) is 3.43. The standard InChI is InChI=1S/C8H13F3O/c1-3-5-6-7(4-2)12-8(9,10)11/h3,5,7H,4,6H2,1-2H3/b5-3-. The van der Waals surface area contributed by atoms with Crippen LogP contribution in [0.5, 0.6) is 0 Å². The third-order valence-corrected chi connectivity index (χ3v) is 1.39. The average Bonchev–Trinajstić information content (AvgIpc) is 1.95. The van der Waals surface area contributed by atoms with Crippen LogP contribution in [-0.4, -0.2) is 12.5 Å². The molecular weight excluding hydrogens is 169 g/mol. The van der Waals surface area contributed by atoms with Crippen molar-refractivity contribution < 1.29 is 17.9 Å². The summed E-state index contributed by atoms with van der Waals surface area (Å²) in [7, 11) is 0. The molecule has 0 bridgehead atoms. The lowest BCUT2D eigenvalue weighted by Gasteiger charge is -2.15. The van der Waals surface area contributed by atoms with Gasteiger partial charge in [0.2, 0.25) is 0 Å². The highest BCUT2D eigenvalue weighted by Crippen LogP contribution is 2.21. The highest BCUT2D eigenvalue weighted by Gasteiger charge is 2.32. The molecule has 0 aromatic carbocycles. The quantitative estimate of drug-likeness (QED) is 0.606. The Morgan fingerprint density at radius 1 is 1.42 bits per heavy atom. The monoisotopic (exact) mass is 182 g/mol. The molecule has 0 heterocycles. The Balaban J connectivity index is 3.83. The van der Waals surface area contributed by atoms with Crippen molar-refractivity contribution >= 4 is 0 Å². The van der Waals surface area contributed by atoms with Gasteiger partial charge in [-0.05, 0) is 19.8 Å². The van der Waals surface area contributed by atoms with Crippen LogP contribution in [0.15, 0.2) is 12.2 Å². The van der Waals surface area contributed by atoms with Gasteiger partial charge in [0.05, 0.1) is 6.10 Å². The second-order valence-corrected chi connectivity index (χ2v) is 2.40. The topological polar surface area (TPSA) is 9.23 Å². The molecule has 0 aliphatic carbocycles. The molecule has 0 fully saturated rings. The van der Waals surface area contributed by atoms with Gasteiger partial charge >= 0.3 is 6.36 Å². The Morgan fingerprint density at radius 3 is 2.33 bits per heavy atom. The molecule has 1 unspecified atom stereocenters. The summed E-state index contributed by atoms with van der Waals surface area (Å²) >= 11 is 0. The molecule has 0 aliphatic heterocycles. The van der Waals surface area contributed by atoms with E-state index in [2.05, 4.69) is 4.74 Å². The third kappa shape index (κ3) is 6.22. The van der Waals surface area contributed by atoms with Crippen LogP contribution in [0.3, 0.4) is 0 Å². The number of rotatable bonds is 4. The minimum absolute atomic E-state index is 0.312. The molecular formula is C8H13F3O. The zero-order valence-corrected chi connectivity index (χ0v) is 7.19.